The highest BCUT2D eigenvalue weighted by atomic mass is 32.2. The van der Waals surface area contributed by atoms with Crippen molar-refractivity contribution in [3.63, 3.8) is 0 Å². The quantitative estimate of drug-likeness (QED) is 0.861. The molecule has 1 aliphatic rings. The van der Waals surface area contributed by atoms with Crippen molar-refractivity contribution in [2.75, 3.05) is 12.4 Å². The molecule has 1 aromatic rings. The number of benzene rings is 1. The minimum atomic E-state index is -3.73. The first-order chi connectivity index (χ1) is 9.76. The van der Waals surface area contributed by atoms with E-state index in [1.807, 2.05) is 0 Å². The highest BCUT2D eigenvalue weighted by Crippen LogP contribution is 2.38. The summed E-state index contributed by atoms with van der Waals surface area (Å²) in [6.07, 6.45) is 3.16. The fraction of sp³-hybridized carbons (Fsp3) is 0.500. The number of ether oxygens (including phenoxy) is 1. The van der Waals surface area contributed by atoms with Crippen LogP contribution >= 0.6 is 0 Å². The molecular weight excluding hydrogens is 292 g/mol. The first-order valence-electron chi connectivity index (χ1n) is 6.74. The van der Waals surface area contributed by atoms with Crippen LogP contribution in [0.3, 0.4) is 0 Å². The van der Waals surface area contributed by atoms with E-state index in [1.54, 1.807) is 20.1 Å². The summed E-state index contributed by atoms with van der Waals surface area (Å²) in [6, 6.07) is 4.38. The van der Waals surface area contributed by atoms with Gasteiger partial charge in [-0.25, -0.2) is 13.6 Å². The number of sulfonamides is 1. The highest BCUT2D eigenvalue weighted by Gasteiger charge is 2.39. The van der Waals surface area contributed by atoms with Crippen LogP contribution < -0.4 is 10.5 Å². The van der Waals surface area contributed by atoms with Gasteiger partial charge in [0.15, 0.2) is 0 Å². The van der Waals surface area contributed by atoms with E-state index in [4.69, 9.17) is 9.88 Å². The third-order valence-corrected chi connectivity index (χ3v) is 4.89. The number of carbonyl (C=O) groups excluding carboxylic acids is 1. The Morgan fingerprint density at radius 1 is 1.43 bits per heavy atom. The van der Waals surface area contributed by atoms with Crippen molar-refractivity contribution in [1.82, 2.24) is 0 Å². The molecule has 1 saturated carbocycles. The van der Waals surface area contributed by atoms with E-state index in [-0.39, 0.29) is 16.4 Å². The number of amides is 1. The summed E-state index contributed by atoms with van der Waals surface area (Å²) in [5.74, 6) is -0.136. The lowest BCUT2D eigenvalue weighted by Gasteiger charge is -2.39. The van der Waals surface area contributed by atoms with Gasteiger partial charge in [0, 0.05) is 12.8 Å². The summed E-state index contributed by atoms with van der Waals surface area (Å²) >= 11 is 0. The monoisotopic (exact) mass is 312 g/mol. The number of methoxy groups -OCH3 is 1. The van der Waals surface area contributed by atoms with Gasteiger partial charge in [-0.1, -0.05) is 0 Å². The minimum absolute atomic E-state index is 0.0327. The molecule has 1 fully saturated rings. The Morgan fingerprint density at radius 3 is 2.52 bits per heavy atom. The zero-order valence-corrected chi connectivity index (χ0v) is 13.0. The second kappa shape index (κ2) is 5.75. The maximum atomic E-state index is 12.1. The molecule has 1 aliphatic carbocycles. The van der Waals surface area contributed by atoms with E-state index < -0.39 is 10.0 Å². The van der Waals surface area contributed by atoms with Gasteiger partial charge in [0.1, 0.15) is 0 Å². The van der Waals surface area contributed by atoms with Crippen LogP contribution in [0.4, 0.5) is 5.69 Å². The molecule has 0 atom stereocenters. The largest absolute Gasteiger partial charge is 0.378 e. The van der Waals surface area contributed by atoms with Crippen LogP contribution in [-0.4, -0.2) is 27.0 Å². The van der Waals surface area contributed by atoms with Gasteiger partial charge in [-0.15, -0.1) is 0 Å². The van der Waals surface area contributed by atoms with Crippen LogP contribution in [0.2, 0.25) is 0 Å². The number of nitrogens with one attached hydrogen (secondary N) is 1. The van der Waals surface area contributed by atoms with Gasteiger partial charge >= 0.3 is 0 Å². The molecule has 116 valence electrons. The SMILES string of the molecule is COC1(CC(=O)Nc2ccc(S(N)(=O)=O)cc2C)CCC1. The molecule has 0 radical (unpaired) electrons. The van der Waals surface area contributed by atoms with E-state index in [0.717, 1.165) is 19.3 Å². The Labute approximate surface area is 124 Å². The van der Waals surface area contributed by atoms with Crippen molar-refractivity contribution in [2.45, 2.75) is 43.1 Å². The van der Waals surface area contributed by atoms with Crippen molar-refractivity contribution >= 4 is 21.6 Å². The van der Waals surface area contributed by atoms with Gasteiger partial charge in [-0.2, -0.15) is 0 Å². The molecule has 0 bridgehead atoms. The third-order valence-electron chi connectivity index (χ3n) is 3.98. The number of rotatable bonds is 5. The molecule has 0 saturated heterocycles. The van der Waals surface area contributed by atoms with E-state index in [1.165, 1.54) is 12.1 Å². The Bertz CT molecular complexity index is 645. The number of aryl methyl sites for hydroxylation is 1. The predicted octanol–water partition coefficient (Wildman–Crippen LogP) is 1.54. The lowest BCUT2D eigenvalue weighted by Crippen LogP contribution is -2.42. The Hall–Kier alpha value is -1.44. The summed E-state index contributed by atoms with van der Waals surface area (Å²) in [6.45, 7) is 1.72. The summed E-state index contributed by atoms with van der Waals surface area (Å²) in [7, 11) is -2.11. The van der Waals surface area contributed by atoms with Crippen molar-refractivity contribution in [1.29, 1.82) is 0 Å². The van der Waals surface area contributed by atoms with Crippen molar-refractivity contribution in [3.8, 4) is 0 Å². The Balaban J connectivity index is 2.08. The summed E-state index contributed by atoms with van der Waals surface area (Å²) in [4.78, 5) is 12.1. The van der Waals surface area contributed by atoms with Crippen LogP contribution in [0.15, 0.2) is 23.1 Å². The number of hydrogen-bond donors (Lipinski definition) is 2. The number of carbonyl (C=O) groups is 1. The van der Waals surface area contributed by atoms with Crippen molar-refractivity contribution in [2.24, 2.45) is 5.14 Å². The average molecular weight is 312 g/mol. The Kier molecular flexibility index (Phi) is 4.36. The molecular formula is C14H20N2O4S. The van der Waals surface area contributed by atoms with Crippen LogP contribution in [0.5, 0.6) is 0 Å². The second-order valence-corrected chi connectivity index (χ2v) is 7.05. The van der Waals surface area contributed by atoms with Gasteiger partial charge in [0.2, 0.25) is 15.9 Å². The fourth-order valence-electron chi connectivity index (χ4n) is 2.46. The topological polar surface area (TPSA) is 98.5 Å². The van der Waals surface area contributed by atoms with Crippen molar-refractivity contribution in [3.05, 3.63) is 23.8 Å². The van der Waals surface area contributed by atoms with Crippen LogP contribution in [0, 0.1) is 6.92 Å². The molecule has 1 aromatic carbocycles. The number of hydrogen-bond acceptors (Lipinski definition) is 4. The van der Waals surface area contributed by atoms with E-state index in [0.29, 0.717) is 17.7 Å². The van der Waals surface area contributed by atoms with Gasteiger partial charge in [-0.3, -0.25) is 4.79 Å². The smallest absolute Gasteiger partial charge is 0.238 e. The zero-order valence-electron chi connectivity index (χ0n) is 12.2. The maximum absolute atomic E-state index is 12.1. The first-order valence-corrected chi connectivity index (χ1v) is 8.29. The summed E-state index contributed by atoms with van der Waals surface area (Å²) in [5, 5.41) is 7.86. The Morgan fingerprint density at radius 2 is 2.10 bits per heavy atom. The molecule has 2 rings (SSSR count). The summed E-state index contributed by atoms with van der Waals surface area (Å²) < 4.78 is 28.0. The third kappa shape index (κ3) is 3.61. The van der Waals surface area contributed by atoms with Gasteiger partial charge < -0.3 is 10.1 Å². The van der Waals surface area contributed by atoms with Gasteiger partial charge in [0.05, 0.1) is 16.9 Å². The predicted molar refractivity (Wildman–Crippen MR) is 79.4 cm³/mol. The zero-order chi connectivity index (χ0) is 15.7. The number of nitrogens with two attached hydrogens (primary N) is 1. The normalized spacial score (nSPS) is 17.1. The van der Waals surface area contributed by atoms with Crippen molar-refractivity contribution < 1.29 is 17.9 Å². The fourth-order valence-corrected chi connectivity index (χ4v) is 3.06. The van der Waals surface area contributed by atoms with Gasteiger partial charge in [-0.05, 0) is 49.9 Å². The molecule has 1 amide bonds. The van der Waals surface area contributed by atoms with E-state index in [2.05, 4.69) is 5.32 Å². The standard InChI is InChI=1S/C14H20N2O4S/c1-10-8-11(21(15,18)19)4-5-12(10)16-13(17)9-14(20-2)6-3-7-14/h4-5,8H,3,6-7,9H2,1-2H3,(H,16,17)(H2,15,18,19). The van der Waals surface area contributed by atoms with E-state index in [9.17, 15) is 13.2 Å². The molecule has 3 N–H and O–H groups in total. The lowest BCUT2D eigenvalue weighted by molar-refractivity contribution is -0.129. The summed E-state index contributed by atoms with van der Waals surface area (Å²) in [5.41, 5.74) is 0.895. The highest BCUT2D eigenvalue weighted by molar-refractivity contribution is 7.89. The molecule has 21 heavy (non-hydrogen) atoms. The molecule has 6 nitrogen and oxygen atoms in total. The average Bonchev–Trinajstić information content (AvgIpc) is 2.35. The number of primary sulfonamides is 1. The molecule has 0 heterocycles. The molecule has 7 heteroatoms. The van der Waals surface area contributed by atoms with Crippen LogP contribution in [-0.2, 0) is 19.6 Å². The lowest BCUT2D eigenvalue weighted by atomic mass is 9.77. The van der Waals surface area contributed by atoms with Crippen LogP contribution in [0.1, 0.15) is 31.2 Å². The van der Waals surface area contributed by atoms with Crippen LogP contribution in [0.25, 0.3) is 0 Å². The maximum Gasteiger partial charge on any atom is 0.238 e. The minimum Gasteiger partial charge on any atom is -0.378 e. The van der Waals surface area contributed by atoms with Gasteiger partial charge in [0.25, 0.3) is 0 Å². The number of anilines is 1. The molecule has 0 spiro atoms. The second-order valence-electron chi connectivity index (χ2n) is 5.49. The first kappa shape index (κ1) is 15.9. The molecule has 0 aromatic heterocycles. The molecule has 0 unspecified atom stereocenters. The van der Waals surface area contributed by atoms with E-state index >= 15 is 0 Å². The molecule has 0 aliphatic heterocycles.